The van der Waals surface area contributed by atoms with E-state index in [4.69, 9.17) is 0 Å². The molecule has 2 unspecified atom stereocenters. The quantitative estimate of drug-likeness (QED) is 0.815. The highest BCUT2D eigenvalue weighted by atomic mass is 32.2. The number of rotatable bonds is 3. The topological polar surface area (TPSA) is 12.0 Å². The Balaban J connectivity index is 1.85. The van der Waals surface area contributed by atoms with Gasteiger partial charge in [-0.15, -0.1) is 0 Å². The van der Waals surface area contributed by atoms with E-state index in [1.54, 1.807) is 0 Å². The summed E-state index contributed by atoms with van der Waals surface area (Å²) in [7, 11) is 0. The van der Waals surface area contributed by atoms with E-state index in [9.17, 15) is 0 Å². The Morgan fingerprint density at radius 3 is 2.53 bits per heavy atom. The van der Waals surface area contributed by atoms with E-state index in [0.29, 0.717) is 5.41 Å². The smallest absolute Gasteiger partial charge is 0.0212 e. The highest BCUT2D eigenvalue weighted by Gasteiger charge is 2.34. The zero-order valence-corrected chi connectivity index (χ0v) is 12.6. The van der Waals surface area contributed by atoms with Crippen molar-refractivity contribution in [3.63, 3.8) is 0 Å². The molecule has 1 aliphatic carbocycles. The van der Waals surface area contributed by atoms with Crippen molar-refractivity contribution in [3.05, 3.63) is 0 Å². The second-order valence-corrected chi connectivity index (χ2v) is 7.87. The fraction of sp³-hybridized carbons (Fsp3) is 1.00. The maximum absolute atomic E-state index is 3.96. The second-order valence-electron chi connectivity index (χ2n) is 6.72. The minimum absolute atomic E-state index is 0.494. The lowest BCUT2D eigenvalue weighted by Crippen LogP contribution is -2.51. The number of nitrogens with one attached hydrogen (secondary N) is 1. The maximum atomic E-state index is 3.96. The molecule has 2 heteroatoms. The molecule has 0 aromatic rings. The van der Waals surface area contributed by atoms with E-state index in [1.807, 2.05) is 0 Å². The molecule has 1 aliphatic heterocycles. The van der Waals surface area contributed by atoms with E-state index in [-0.39, 0.29) is 0 Å². The Labute approximate surface area is 112 Å². The van der Waals surface area contributed by atoms with Gasteiger partial charge in [-0.3, -0.25) is 0 Å². The monoisotopic (exact) mass is 255 g/mol. The van der Waals surface area contributed by atoms with Gasteiger partial charge in [0.05, 0.1) is 0 Å². The van der Waals surface area contributed by atoms with Gasteiger partial charge >= 0.3 is 0 Å². The van der Waals surface area contributed by atoms with Crippen molar-refractivity contribution in [2.24, 2.45) is 11.3 Å². The SMILES string of the molecule is CC(NC1CSCCC1(C)C)C1CCCCC1. The Bertz CT molecular complexity index is 233. The van der Waals surface area contributed by atoms with E-state index in [0.717, 1.165) is 18.0 Å². The van der Waals surface area contributed by atoms with Gasteiger partial charge in [-0.05, 0) is 43.3 Å². The molecule has 0 bridgehead atoms. The van der Waals surface area contributed by atoms with Gasteiger partial charge < -0.3 is 5.32 Å². The fourth-order valence-electron chi connectivity index (χ4n) is 3.30. The molecular weight excluding hydrogens is 226 g/mol. The van der Waals surface area contributed by atoms with E-state index < -0.39 is 0 Å². The maximum Gasteiger partial charge on any atom is 0.0212 e. The van der Waals surface area contributed by atoms with Crippen LogP contribution >= 0.6 is 11.8 Å². The van der Waals surface area contributed by atoms with Gasteiger partial charge in [-0.25, -0.2) is 0 Å². The van der Waals surface area contributed by atoms with E-state index in [1.165, 1.54) is 50.0 Å². The lowest BCUT2D eigenvalue weighted by molar-refractivity contribution is 0.192. The molecule has 2 rings (SSSR count). The molecule has 1 N–H and O–H groups in total. The van der Waals surface area contributed by atoms with Crippen LogP contribution in [0.25, 0.3) is 0 Å². The molecule has 2 fully saturated rings. The third-order valence-electron chi connectivity index (χ3n) is 4.94. The molecule has 0 aromatic heterocycles. The highest BCUT2D eigenvalue weighted by molar-refractivity contribution is 7.99. The minimum atomic E-state index is 0.494. The molecule has 0 aromatic carbocycles. The summed E-state index contributed by atoms with van der Waals surface area (Å²) in [5.74, 6) is 3.60. The average molecular weight is 255 g/mol. The first kappa shape index (κ1) is 13.7. The molecule has 17 heavy (non-hydrogen) atoms. The normalized spacial score (nSPS) is 32.3. The minimum Gasteiger partial charge on any atom is -0.310 e. The number of thioether (sulfide) groups is 1. The fourth-order valence-corrected chi connectivity index (χ4v) is 4.92. The van der Waals surface area contributed by atoms with Gasteiger partial charge in [0.25, 0.3) is 0 Å². The Morgan fingerprint density at radius 1 is 1.18 bits per heavy atom. The molecular formula is C15H29NS. The predicted octanol–water partition coefficient (Wildman–Crippen LogP) is 4.08. The summed E-state index contributed by atoms with van der Waals surface area (Å²) in [6.45, 7) is 7.31. The Hall–Kier alpha value is 0.310. The standard InChI is InChI=1S/C15H29NS/c1-12(13-7-5-4-6-8-13)16-14-11-17-10-9-15(14,2)3/h12-14,16H,4-11H2,1-3H3. The van der Waals surface area contributed by atoms with Crippen LogP contribution in [0, 0.1) is 11.3 Å². The predicted molar refractivity (Wildman–Crippen MR) is 78.7 cm³/mol. The number of hydrogen-bond donors (Lipinski definition) is 1. The van der Waals surface area contributed by atoms with Crippen molar-refractivity contribution in [2.45, 2.75) is 71.4 Å². The first-order chi connectivity index (χ1) is 8.09. The molecule has 0 radical (unpaired) electrons. The van der Waals surface area contributed by atoms with Crippen LogP contribution in [0.1, 0.15) is 59.3 Å². The lowest BCUT2D eigenvalue weighted by atomic mass is 9.80. The molecule has 1 nitrogen and oxygen atoms in total. The first-order valence-corrected chi connectivity index (χ1v) is 8.59. The summed E-state index contributed by atoms with van der Waals surface area (Å²) in [5, 5.41) is 3.96. The van der Waals surface area contributed by atoms with Gasteiger partial charge in [-0.1, -0.05) is 33.1 Å². The molecule has 2 aliphatic rings. The highest BCUT2D eigenvalue weighted by Crippen LogP contribution is 2.35. The van der Waals surface area contributed by atoms with Crippen molar-refractivity contribution in [2.75, 3.05) is 11.5 Å². The molecule has 1 heterocycles. The lowest BCUT2D eigenvalue weighted by Gasteiger charge is -2.42. The van der Waals surface area contributed by atoms with E-state index >= 15 is 0 Å². The molecule has 0 spiro atoms. The van der Waals surface area contributed by atoms with Crippen molar-refractivity contribution in [1.29, 1.82) is 0 Å². The third kappa shape index (κ3) is 3.64. The molecule has 0 amide bonds. The second kappa shape index (κ2) is 5.97. The summed E-state index contributed by atoms with van der Waals surface area (Å²) in [5.41, 5.74) is 0.494. The van der Waals surface area contributed by atoms with Gasteiger partial charge in [0.1, 0.15) is 0 Å². The largest absolute Gasteiger partial charge is 0.310 e. The van der Waals surface area contributed by atoms with Crippen LogP contribution in [0.5, 0.6) is 0 Å². The molecule has 1 saturated heterocycles. The number of hydrogen-bond acceptors (Lipinski definition) is 2. The Kier molecular flexibility index (Phi) is 4.82. The van der Waals surface area contributed by atoms with Crippen LogP contribution in [-0.2, 0) is 0 Å². The average Bonchev–Trinajstić information content (AvgIpc) is 2.33. The first-order valence-electron chi connectivity index (χ1n) is 7.43. The van der Waals surface area contributed by atoms with E-state index in [2.05, 4.69) is 37.8 Å². The van der Waals surface area contributed by atoms with Crippen LogP contribution in [-0.4, -0.2) is 23.6 Å². The van der Waals surface area contributed by atoms with Gasteiger partial charge in [0, 0.05) is 17.8 Å². The van der Waals surface area contributed by atoms with Crippen LogP contribution in [0.4, 0.5) is 0 Å². The summed E-state index contributed by atoms with van der Waals surface area (Å²) in [4.78, 5) is 0. The van der Waals surface area contributed by atoms with Crippen LogP contribution in [0.2, 0.25) is 0 Å². The summed E-state index contributed by atoms with van der Waals surface area (Å²) >= 11 is 2.13. The van der Waals surface area contributed by atoms with Crippen molar-refractivity contribution >= 4 is 11.8 Å². The molecule has 1 saturated carbocycles. The van der Waals surface area contributed by atoms with Crippen molar-refractivity contribution < 1.29 is 0 Å². The summed E-state index contributed by atoms with van der Waals surface area (Å²) in [6, 6.07) is 1.44. The van der Waals surface area contributed by atoms with Gasteiger partial charge in [0.2, 0.25) is 0 Å². The third-order valence-corrected chi connectivity index (χ3v) is 6.00. The zero-order valence-electron chi connectivity index (χ0n) is 11.8. The van der Waals surface area contributed by atoms with Crippen LogP contribution in [0.15, 0.2) is 0 Å². The molecule has 100 valence electrons. The summed E-state index contributed by atoms with van der Waals surface area (Å²) in [6.07, 6.45) is 8.66. The van der Waals surface area contributed by atoms with Crippen molar-refractivity contribution in [1.82, 2.24) is 5.32 Å². The molecule has 2 atom stereocenters. The van der Waals surface area contributed by atoms with Gasteiger partial charge in [0.15, 0.2) is 0 Å². The van der Waals surface area contributed by atoms with Crippen LogP contribution < -0.4 is 5.32 Å². The summed E-state index contributed by atoms with van der Waals surface area (Å²) < 4.78 is 0. The zero-order chi connectivity index (χ0) is 12.3. The Morgan fingerprint density at radius 2 is 1.88 bits per heavy atom. The van der Waals surface area contributed by atoms with Gasteiger partial charge in [-0.2, -0.15) is 11.8 Å². The van der Waals surface area contributed by atoms with Crippen molar-refractivity contribution in [3.8, 4) is 0 Å². The van der Waals surface area contributed by atoms with Crippen LogP contribution in [0.3, 0.4) is 0 Å².